The van der Waals surface area contributed by atoms with Gasteiger partial charge in [0.05, 0.1) is 0 Å². The molecule has 0 unspecified atom stereocenters. The highest BCUT2D eigenvalue weighted by molar-refractivity contribution is 5.92. The van der Waals surface area contributed by atoms with Gasteiger partial charge in [0.1, 0.15) is 5.84 Å². The molecule has 0 aliphatic heterocycles. The van der Waals surface area contributed by atoms with Crippen LogP contribution in [0.5, 0.6) is 0 Å². The Balaban J connectivity index is 3.86. The van der Waals surface area contributed by atoms with Crippen LogP contribution in [0, 0.1) is 0 Å². The molecule has 0 aromatic heterocycles. The molecule has 3 heteroatoms. The predicted octanol–water partition coefficient (Wildman–Crippen LogP) is 0.485. The molecule has 0 aliphatic carbocycles. The van der Waals surface area contributed by atoms with Crippen molar-refractivity contribution in [3.05, 3.63) is 12.3 Å². The molecule has 3 N–H and O–H groups in total. The number of nitrogens with two attached hydrogens (primary N) is 1. The van der Waals surface area contributed by atoms with E-state index in [0.717, 1.165) is 5.84 Å². The summed E-state index contributed by atoms with van der Waals surface area (Å²) >= 11 is 0. The van der Waals surface area contributed by atoms with Gasteiger partial charge in [-0.3, -0.25) is 4.99 Å². The monoisotopic (exact) mass is 141 g/mol. The number of amidine groups is 1. The number of hydrogen-bond acceptors (Lipinski definition) is 2. The highest BCUT2D eigenvalue weighted by Gasteiger charge is 1.92. The quantitative estimate of drug-likeness (QED) is 0.434. The van der Waals surface area contributed by atoms with Crippen molar-refractivity contribution in [1.82, 2.24) is 5.32 Å². The van der Waals surface area contributed by atoms with Gasteiger partial charge < -0.3 is 11.1 Å². The Morgan fingerprint density at radius 1 is 1.60 bits per heavy atom. The van der Waals surface area contributed by atoms with Crippen LogP contribution < -0.4 is 11.1 Å². The van der Waals surface area contributed by atoms with Gasteiger partial charge in [-0.05, 0) is 26.1 Å². The predicted molar refractivity (Wildman–Crippen MR) is 45.0 cm³/mol. The van der Waals surface area contributed by atoms with Crippen molar-refractivity contribution >= 4 is 5.84 Å². The summed E-state index contributed by atoms with van der Waals surface area (Å²) in [6.07, 6.45) is 3.21. The molecule has 0 aliphatic rings. The number of aliphatic imine (C=N–C) groups is 1. The van der Waals surface area contributed by atoms with E-state index in [0.29, 0.717) is 6.04 Å². The molecule has 0 radical (unpaired) electrons. The van der Waals surface area contributed by atoms with E-state index in [1.54, 1.807) is 13.1 Å². The van der Waals surface area contributed by atoms with E-state index >= 15 is 0 Å². The summed E-state index contributed by atoms with van der Waals surface area (Å²) in [5, 5.41) is 3.11. The Kier molecular flexibility index (Phi) is 4.37. The summed E-state index contributed by atoms with van der Waals surface area (Å²) in [4.78, 5) is 3.96. The third-order valence-corrected chi connectivity index (χ3v) is 0.932. The molecule has 0 saturated carbocycles. The third kappa shape index (κ3) is 3.95. The standard InChI is InChI=1S/C7H15N3/c1-6(2)10-7(9-3)4-5-8/h4-6H,8H2,1-3H3,(H,9,10). The SMILES string of the molecule is CN=C(C=CN)NC(C)C. The van der Waals surface area contributed by atoms with Crippen molar-refractivity contribution < 1.29 is 0 Å². The lowest BCUT2D eigenvalue weighted by Crippen LogP contribution is -2.28. The van der Waals surface area contributed by atoms with Crippen molar-refractivity contribution in [2.75, 3.05) is 7.05 Å². The van der Waals surface area contributed by atoms with Gasteiger partial charge in [0, 0.05) is 13.1 Å². The zero-order valence-corrected chi connectivity index (χ0v) is 6.76. The Bertz CT molecular complexity index is 136. The molecular formula is C7H15N3. The number of rotatable bonds is 2. The van der Waals surface area contributed by atoms with Gasteiger partial charge in [-0.25, -0.2) is 0 Å². The van der Waals surface area contributed by atoms with Crippen molar-refractivity contribution in [2.45, 2.75) is 19.9 Å². The lowest BCUT2D eigenvalue weighted by Gasteiger charge is -2.07. The summed E-state index contributed by atoms with van der Waals surface area (Å²) in [7, 11) is 1.73. The third-order valence-electron chi connectivity index (χ3n) is 0.932. The van der Waals surface area contributed by atoms with E-state index in [9.17, 15) is 0 Å². The Labute approximate surface area is 62.0 Å². The molecule has 10 heavy (non-hydrogen) atoms. The fourth-order valence-electron chi connectivity index (χ4n) is 0.574. The minimum absolute atomic E-state index is 0.398. The van der Waals surface area contributed by atoms with Crippen molar-refractivity contribution in [3.63, 3.8) is 0 Å². The second kappa shape index (κ2) is 4.85. The number of hydrogen-bond donors (Lipinski definition) is 2. The average Bonchev–Trinajstić information content (AvgIpc) is 1.86. The summed E-state index contributed by atoms with van der Waals surface area (Å²) in [5.74, 6) is 0.817. The second-order valence-electron chi connectivity index (χ2n) is 2.27. The molecule has 0 saturated heterocycles. The zero-order valence-electron chi connectivity index (χ0n) is 6.76. The van der Waals surface area contributed by atoms with Crippen LogP contribution in [0.15, 0.2) is 17.3 Å². The molecule has 0 fully saturated rings. The maximum Gasteiger partial charge on any atom is 0.122 e. The maximum atomic E-state index is 5.18. The van der Waals surface area contributed by atoms with Crippen molar-refractivity contribution in [2.24, 2.45) is 10.7 Å². The van der Waals surface area contributed by atoms with Gasteiger partial charge in [-0.1, -0.05) is 0 Å². The molecule has 0 aromatic carbocycles. The van der Waals surface area contributed by atoms with E-state index in [4.69, 9.17) is 5.73 Å². The van der Waals surface area contributed by atoms with E-state index in [-0.39, 0.29) is 0 Å². The Hall–Kier alpha value is -0.990. The smallest absolute Gasteiger partial charge is 0.122 e. The molecule has 3 nitrogen and oxygen atoms in total. The first-order valence-corrected chi connectivity index (χ1v) is 3.32. The Morgan fingerprint density at radius 2 is 2.20 bits per heavy atom. The first-order chi connectivity index (χ1) is 4.70. The summed E-state index contributed by atoms with van der Waals surface area (Å²) in [5.41, 5.74) is 5.18. The van der Waals surface area contributed by atoms with Crippen LogP contribution in [0.2, 0.25) is 0 Å². The highest BCUT2D eigenvalue weighted by Crippen LogP contribution is 1.80. The summed E-state index contributed by atoms with van der Waals surface area (Å²) in [6, 6.07) is 0.398. The first kappa shape index (κ1) is 9.01. The molecular weight excluding hydrogens is 126 g/mol. The topological polar surface area (TPSA) is 50.4 Å². The minimum Gasteiger partial charge on any atom is -0.404 e. The molecule has 0 aromatic rings. The second-order valence-corrected chi connectivity index (χ2v) is 2.27. The Morgan fingerprint density at radius 3 is 2.50 bits per heavy atom. The maximum absolute atomic E-state index is 5.18. The van der Waals surface area contributed by atoms with E-state index < -0.39 is 0 Å². The lowest BCUT2D eigenvalue weighted by atomic mass is 10.4. The number of nitrogens with one attached hydrogen (secondary N) is 1. The highest BCUT2D eigenvalue weighted by atomic mass is 15.0. The van der Waals surface area contributed by atoms with Crippen molar-refractivity contribution in [1.29, 1.82) is 0 Å². The molecule has 0 spiro atoms. The fraction of sp³-hybridized carbons (Fsp3) is 0.571. The van der Waals surface area contributed by atoms with Gasteiger partial charge >= 0.3 is 0 Å². The number of nitrogens with zero attached hydrogens (tertiary/aromatic N) is 1. The molecule has 0 rings (SSSR count). The van der Waals surface area contributed by atoms with E-state index in [1.165, 1.54) is 6.20 Å². The van der Waals surface area contributed by atoms with E-state index in [1.807, 2.05) is 0 Å². The normalized spacial score (nSPS) is 13.0. The minimum atomic E-state index is 0.398. The molecule has 0 heterocycles. The first-order valence-electron chi connectivity index (χ1n) is 3.32. The molecule has 58 valence electrons. The van der Waals surface area contributed by atoms with Gasteiger partial charge in [0.15, 0.2) is 0 Å². The van der Waals surface area contributed by atoms with Crippen molar-refractivity contribution in [3.8, 4) is 0 Å². The van der Waals surface area contributed by atoms with Gasteiger partial charge in [-0.15, -0.1) is 0 Å². The molecule has 0 atom stereocenters. The lowest BCUT2D eigenvalue weighted by molar-refractivity contribution is 0.734. The molecule has 0 bridgehead atoms. The van der Waals surface area contributed by atoms with Gasteiger partial charge in [0.2, 0.25) is 0 Å². The fourth-order valence-corrected chi connectivity index (χ4v) is 0.574. The van der Waals surface area contributed by atoms with Crippen LogP contribution in [0.4, 0.5) is 0 Å². The summed E-state index contributed by atoms with van der Waals surface area (Å²) < 4.78 is 0. The zero-order chi connectivity index (χ0) is 7.98. The van der Waals surface area contributed by atoms with Crippen LogP contribution in [0.1, 0.15) is 13.8 Å². The van der Waals surface area contributed by atoms with Crippen LogP contribution in [-0.2, 0) is 0 Å². The largest absolute Gasteiger partial charge is 0.404 e. The van der Waals surface area contributed by atoms with Gasteiger partial charge in [0.25, 0.3) is 0 Å². The molecule has 0 amide bonds. The van der Waals surface area contributed by atoms with Crippen LogP contribution in [0.25, 0.3) is 0 Å². The van der Waals surface area contributed by atoms with Crippen LogP contribution in [0.3, 0.4) is 0 Å². The van der Waals surface area contributed by atoms with Crippen LogP contribution in [-0.4, -0.2) is 18.9 Å². The summed E-state index contributed by atoms with van der Waals surface area (Å²) in [6.45, 7) is 4.10. The average molecular weight is 141 g/mol. The van der Waals surface area contributed by atoms with E-state index in [2.05, 4.69) is 24.2 Å². The van der Waals surface area contributed by atoms with Gasteiger partial charge in [-0.2, -0.15) is 0 Å². The van der Waals surface area contributed by atoms with Crippen LogP contribution >= 0.6 is 0 Å².